The van der Waals surface area contributed by atoms with Crippen LogP contribution < -0.4 is 0 Å². The van der Waals surface area contributed by atoms with E-state index in [1.807, 2.05) is 0 Å². The van der Waals surface area contributed by atoms with Gasteiger partial charge in [-0.3, -0.25) is 4.90 Å². The molecule has 1 rings (SSSR count). The van der Waals surface area contributed by atoms with E-state index in [4.69, 9.17) is 4.74 Å². The molecule has 0 amide bonds. The summed E-state index contributed by atoms with van der Waals surface area (Å²) >= 11 is 0. The Bertz CT molecular complexity index is 220. The smallest absolute Gasteiger partial charge is 0.0695 e. The summed E-state index contributed by atoms with van der Waals surface area (Å²) in [5.41, 5.74) is 0. The maximum atomic E-state index is 10.2. The fourth-order valence-corrected chi connectivity index (χ4v) is 2.89. The van der Waals surface area contributed by atoms with E-state index in [-0.39, 0.29) is 6.10 Å². The van der Waals surface area contributed by atoms with E-state index in [0.717, 1.165) is 31.3 Å². The van der Waals surface area contributed by atoms with Crippen LogP contribution in [0.1, 0.15) is 40.0 Å². The average Bonchev–Trinajstić information content (AvgIpc) is 2.28. The Morgan fingerprint density at radius 1 is 1.29 bits per heavy atom. The standard InChI is InChI=1S/C14H29NO2/c1-10(2)12-6-7-14(16)13(8-12)15(4)11(3)9-17-5/h10-14,16H,6-9H2,1-5H3. The Balaban J connectivity index is 2.59. The minimum atomic E-state index is -0.172. The molecule has 0 heterocycles. The zero-order chi connectivity index (χ0) is 13.0. The molecule has 1 aliphatic carbocycles. The van der Waals surface area contributed by atoms with Gasteiger partial charge in [0.2, 0.25) is 0 Å². The summed E-state index contributed by atoms with van der Waals surface area (Å²) in [5.74, 6) is 1.47. The molecular weight excluding hydrogens is 214 g/mol. The van der Waals surface area contributed by atoms with Gasteiger partial charge in [0, 0.05) is 19.2 Å². The first-order chi connectivity index (χ1) is 7.97. The third kappa shape index (κ3) is 3.94. The molecule has 0 saturated heterocycles. The maximum absolute atomic E-state index is 10.2. The largest absolute Gasteiger partial charge is 0.391 e. The lowest BCUT2D eigenvalue weighted by molar-refractivity contribution is -0.0206. The molecule has 0 radical (unpaired) electrons. The number of methoxy groups -OCH3 is 1. The van der Waals surface area contributed by atoms with Gasteiger partial charge in [-0.1, -0.05) is 13.8 Å². The monoisotopic (exact) mass is 243 g/mol. The summed E-state index contributed by atoms with van der Waals surface area (Å²) in [7, 11) is 3.85. The summed E-state index contributed by atoms with van der Waals surface area (Å²) < 4.78 is 5.20. The zero-order valence-corrected chi connectivity index (χ0v) is 12.0. The number of hydrogen-bond donors (Lipinski definition) is 1. The molecule has 4 unspecified atom stereocenters. The van der Waals surface area contributed by atoms with Crippen LogP contribution in [-0.2, 0) is 4.74 Å². The molecule has 0 spiro atoms. The second-order valence-corrected chi connectivity index (χ2v) is 5.92. The zero-order valence-electron chi connectivity index (χ0n) is 12.0. The summed E-state index contributed by atoms with van der Waals surface area (Å²) in [5, 5.41) is 10.2. The molecule has 3 heteroatoms. The highest BCUT2D eigenvalue weighted by Crippen LogP contribution is 2.32. The van der Waals surface area contributed by atoms with Crippen LogP contribution in [0.2, 0.25) is 0 Å². The molecule has 0 aromatic carbocycles. The van der Waals surface area contributed by atoms with Crippen LogP contribution in [0.25, 0.3) is 0 Å². The fraction of sp³-hybridized carbons (Fsp3) is 1.00. The second-order valence-electron chi connectivity index (χ2n) is 5.92. The van der Waals surface area contributed by atoms with Gasteiger partial charge in [-0.15, -0.1) is 0 Å². The van der Waals surface area contributed by atoms with Gasteiger partial charge in [0.05, 0.1) is 12.7 Å². The van der Waals surface area contributed by atoms with E-state index in [0.29, 0.717) is 12.1 Å². The minimum absolute atomic E-state index is 0.172. The first kappa shape index (κ1) is 14.9. The third-order valence-electron chi connectivity index (χ3n) is 4.39. The van der Waals surface area contributed by atoms with E-state index in [1.165, 1.54) is 6.42 Å². The Morgan fingerprint density at radius 3 is 2.47 bits per heavy atom. The highest BCUT2D eigenvalue weighted by molar-refractivity contribution is 4.88. The van der Waals surface area contributed by atoms with Crippen molar-refractivity contribution in [2.24, 2.45) is 11.8 Å². The van der Waals surface area contributed by atoms with Gasteiger partial charge >= 0.3 is 0 Å². The van der Waals surface area contributed by atoms with Gasteiger partial charge in [-0.05, 0) is 45.1 Å². The number of aliphatic hydroxyl groups is 1. The maximum Gasteiger partial charge on any atom is 0.0695 e. The van der Waals surface area contributed by atoms with Gasteiger partial charge in [-0.25, -0.2) is 0 Å². The van der Waals surface area contributed by atoms with E-state index in [9.17, 15) is 5.11 Å². The van der Waals surface area contributed by atoms with Crippen LogP contribution in [0.4, 0.5) is 0 Å². The number of rotatable bonds is 5. The van der Waals surface area contributed by atoms with Crippen molar-refractivity contribution in [1.29, 1.82) is 0 Å². The summed E-state index contributed by atoms with van der Waals surface area (Å²) in [6.45, 7) is 7.47. The van der Waals surface area contributed by atoms with Crippen molar-refractivity contribution in [1.82, 2.24) is 4.90 Å². The molecule has 0 bridgehead atoms. The molecule has 0 aromatic heterocycles. The molecule has 1 fully saturated rings. The van der Waals surface area contributed by atoms with Crippen molar-refractivity contribution in [3.8, 4) is 0 Å². The lowest BCUT2D eigenvalue weighted by Crippen LogP contribution is -2.50. The fourth-order valence-electron chi connectivity index (χ4n) is 2.89. The van der Waals surface area contributed by atoms with Gasteiger partial charge < -0.3 is 9.84 Å². The van der Waals surface area contributed by atoms with Crippen molar-refractivity contribution < 1.29 is 9.84 Å². The quantitative estimate of drug-likeness (QED) is 0.803. The number of hydrogen-bond acceptors (Lipinski definition) is 3. The first-order valence-corrected chi connectivity index (χ1v) is 6.86. The van der Waals surface area contributed by atoms with E-state index < -0.39 is 0 Å². The van der Waals surface area contributed by atoms with Crippen LogP contribution in [0, 0.1) is 11.8 Å². The molecule has 3 nitrogen and oxygen atoms in total. The van der Waals surface area contributed by atoms with Gasteiger partial charge in [-0.2, -0.15) is 0 Å². The predicted molar refractivity (Wildman–Crippen MR) is 71.1 cm³/mol. The molecule has 4 atom stereocenters. The SMILES string of the molecule is COCC(C)N(C)C1CC(C(C)C)CCC1O. The minimum Gasteiger partial charge on any atom is -0.391 e. The van der Waals surface area contributed by atoms with Crippen LogP contribution in [0.5, 0.6) is 0 Å². The topological polar surface area (TPSA) is 32.7 Å². The van der Waals surface area contributed by atoms with Crippen LogP contribution in [0.15, 0.2) is 0 Å². The second kappa shape index (κ2) is 6.72. The average molecular weight is 243 g/mol. The molecule has 102 valence electrons. The highest BCUT2D eigenvalue weighted by atomic mass is 16.5. The van der Waals surface area contributed by atoms with Gasteiger partial charge in [0.1, 0.15) is 0 Å². The Labute approximate surface area is 106 Å². The number of ether oxygens (including phenoxy) is 1. The Kier molecular flexibility index (Phi) is 5.90. The van der Waals surface area contributed by atoms with Crippen molar-refractivity contribution >= 4 is 0 Å². The Hall–Kier alpha value is -0.120. The highest BCUT2D eigenvalue weighted by Gasteiger charge is 2.34. The molecule has 1 aliphatic rings. The molecule has 0 aromatic rings. The molecule has 0 aliphatic heterocycles. The number of aliphatic hydroxyl groups excluding tert-OH is 1. The van der Waals surface area contributed by atoms with Crippen LogP contribution in [-0.4, -0.2) is 49.0 Å². The third-order valence-corrected chi connectivity index (χ3v) is 4.39. The lowest BCUT2D eigenvalue weighted by Gasteiger charge is -2.42. The van der Waals surface area contributed by atoms with E-state index >= 15 is 0 Å². The summed E-state index contributed by atoms with van der Waals surface area (Å²) in [6.07, 6.45) is 3.05. The van der Waals surface area contributed by atoms with E-state index in [2.05, 4.69) is 32.7 Å². The van der Waals surface area contributed by atoms with Crippen molar-refractivity contribution in [3.05, 3.63) is 0 Å². The van der Waals surface area contributed by atoms with Crippen molar-refractivity contribution in [3.63, 3.8) is 0 Å². The summed E-state index contributed by atoms with van der Waals surface area (Å²) in [4.78, 5) is 2.29. The van der Waals surface area contributed by atoms with Crippen LogP contribution in [0.3, 0.4) is 0 Å². The Morgan fingerprint density at radius 2 is 1.94 bits per heavy atom. The predicted octanol–water partition coefficient (Wildman–Crippen LogP) is 2.14. The number of nitrogens with zero attached hydrogens (tertiary/aromatic N) is 1. The van der Waals surface area contributed by atoms with E-state index in [1.54, 1.807) is 7.11 Å². The lowest BCUT2D eigenvalue weighted by atomic mass is 9.77. The molecular formula is C14H29NO2. The first-order valence-electron chi connectivity index (χ1n) is 6.86. The van der Waals surface area contributed by atoms with Crippen molar-refractivity contribution in [2.45, 2.75) is 58.2 Å². The molecule has 17 heavy (non-hydrogen) atoms. The summed E-state index contributed by atoms with van der Waals surface area (Å²) in [6, 6.07) is 0.659. The normalized spacial score (nSPS) is 32.1. The van der Waals surface area contributed by atoms with Crippen molar-refractivity contribution in [2.75, 3.05) is 20.8 Å². The molecule has 1 N–H and O–H groups in total. The number of likely N-dealkylation sites (N-methyl/N-ethyl adjacent to an activating group) is 1. The van der Waals surface area contributed by atoms with Gasteiger partial charge in [0.15, 0.2) is 0 Å². The van der Waals surface area contributed by atoms with Gasteiger partial charge in [0.25, 0.3) is 0 Å². The van der Waals surface area contributed by atoms with Crippen LogP contribution >= 0.6 is 0 Å². The molecule has 1 saturated carbocycles.